The highest BCUT2D eigenvalue weighted by Gasteiger charge is 2.29. The Morgan fingerprint density at radius 2 is 1.88 bits per heavy atom. The zero-order chi connectivity index (χ0) is 18.3. The molecule has 1 unspecified atom stereocenters. The Morgan fingerprint density at radius 1 is 1.16 bits per heavy atom. The lowest BCUT2D eigenvalue weighted by Crippen LogP contribution is -2.28. The molecule has 0 spiro atoms. The second kappa shape index (κ2) is 8.88. The molecular weight excluding hydrogens is 338 g/mol. The van der Waals surface area contributed by atoms with Crippen molar-refractivity contribution in [3.63, 3.8) is 0 Å². The number of amides is 1. The number of halogens is 1. The molecule has 5 heteroatoms. The molecule has 0 bridgehead atoms. The van der Waals surface area contributed by atoms with Gasteiger partial charge >= 0.3 is 6.09 Å². The van der Waals surface area contributed by atoms with Crippen molar-refractivity contribution in [3.8, 4) is 5.75 Å². The van der Waals surface area contributed by atoms with Crippen LogP contribution >= 0.6 is 11.6 Å². The summed E-state index contributed by atoms with van der Waals surface area (Å²) in [6.07, 6.45) is 1.94. The molecule has 1 amide bonds. The lowest BCUT2D eigenvalue weighted by Gasteiger charge is -2.28. The summed E-state index contributed by atoms with van der Waals surface area (Å²) < 4.78 is 5.23. The first-order valence-corrected chi connectivity index (χ1v) is 8.92. The van der Waals surface area contributed by atoms with Crippen LogP contribution in [0.1, 0.15) is 44.2 Å². The summed E-state index contributed by atoms with van der Waals surface area (Å²) >= 11 is 6.05. The molecule has 2 aromatic carbocycles. The highest BCUT2D eigenvalue weighted by Crippen LogP contribution is 2.34. The predicted octanol–water partition coefficient (Wildman–Crippen LogP) is 4.87. The molecule has 0 heterocycles. The number of aliphatic hydroxyl groups is 1. The van der Waals surface area contributed by atoms with Gasteiger partial charge in [0.05, 0.1) is 0 Å². The molecule has 0 fully saturated rings. The quantitative estimate of drug-likeness (QED) is 0.691. The summed E-state index contributed by atoms with van der Waals surface area (Å²) in [6.45, 7) is 4.56. The van der Waals surface area contributed by atoms with Crippen molar-refractivity contribution >= 4 is 17.7 Å². The third kappa shape index (κ3) is 4.97. The van der Waals surface area contributed by atoms with Crippen LogP contribution in [-0.2, 0) is 5.60 Å². The molecule has 2 N–H and O–H groups in total. The molecular formula is C20H24ClNO3. The van der Waals surface area contributed by atoms with E-state index >= 15 is 0 Å². The fourth-order valence-corrected chi connectivity index (χ4v) is 2.82. The predicted molar refractivity (Wildman–Crippen MR) is 100 cm³/mol. The number of hydrogen-bond acceptors (Lipinski definition) is 3. The van der Waals surface area contributed by atoms with E-state index in [4.69, 9.17) is 16.3 Å². The van der Waals surface area contributed by atoms with E-state index in [-0.39, 0.29) is 0 Å². The largest absolute Gasteiger partial charge is 0.412 e. The van der Waals surface area contributed by atoms with Gasteiger partial charge in [-0.1, -0.05) is 56.1 Å². The van der Waals surface area contributed by atoms with E-state index in [0.29, 0.717) is 23.7 Å². The summed E-state index contributed by atoms with van der Waals surface area (Å²) in [5, 5.41) is 14.4. The van der Waals surface area contributed by atoms with Crippen LogP contribution in [-0.4, -0.2) is 17.7 Å². The molecule has 0 aliphatic rings. The fraction of sp³-hybridized carbons (Fsp3) is 0.350. The molecule has 2 rings (SSSR count). The number of unbranched alkanes of at least 4 members (excludes halogenated alkanes) is 1. The lowest BCUT2D eigenvalue weighted by atomic mass is 9.84. The average Bonchev–Trinajstić information content (AvgIpc) is 2.62. The molecule has 0 aliphatic heterocycles. The van der Waals surface area contributed by atoms with Crippen molar-refractivity contribution in [2.24, 2.45) is 0 Å². The summed E-state index contributed by atoms with van der Waals surface area (Å²) in [6, 6.07) is 14.1. The number of hydrogen-bond donors (Lipinski definition) is 2. The Hall–Kier alpha value is -2.04. The summed E-state index contributed by atoms with van der Waals surface area (Å²) in [4.78, 5) is 11.7. The van der Waals surface area contributed by atoms with E-state index in [9.17, 15) is 9.90 Å². The van der Waals surface area contributed by atoms with Gasteiger partial charge in [0, 0.05) is 11.6 Å². The van der Waals surface area contributed by atoms with Crippen molar-refractivity contribution < 1.29 is 14.6 Å². The summed E-state index contributed by atoms with van der Waals surface area (Å²) in [7, 11) is 0. The monoisotopic (exact) mass is 361 g/mol. The van der Waals surface area contributed by atoms with Crippen molar-refractivity contribution in [2.45, 2.75) is 38.7 Å². The first-order valence-electron chi connectivity index (χ1n) is 8.54. The number of rotatable bonds is 7. The Bertz CT molecular complexity index is 702. The second-order valence-corrected chi connectivity index (χ2v) is 6.35. The highest BCUT2D eigenvalue weighted by molar-refractivity contribution is 6.30. The Morgan fingerprint density at radius 3 is 2.48 bits per heavy atom. The molecule has 2 aromatic rings. The normalized spacial score (nSPS) is 13.1. The van der Waals surface area contributed by atoms with Crippen molar-refractivity contribution in [1.29, 1.82) is 0 Å². The first-order chi connectivity index (χ1) is 12.0. The van der Waals surface area contributed by atoms with Crippen LogP contribution in [0.2, 0.25) is 5.02 Å². The molecule has 1 atom stereocenters. The fourth-order valence-electron chi connectivity index (χ4n) is 2.63. The third-order valence-electron chi connectivity index (χ3n) is 4.16. The second-order valence-electron chi connectivity index (χ2n) is 5.92. The topological polar surface area (TPSA) is 58.6 Å². The van der Waals surface area contributed by atoms with Crippen molar-refractivity contribution in [2.75, 3.05) is 6.54 Å². The summed E-state index contributed by atoms with van der Waals surface area (Å²) in [5.74, 6) is 0.433. The van der Waals surface area contributed by atoms with E-state index in [2.05, 4.69) is 12.2 Å². The van der Waals surface area contributed by atoms with E-state index < -0.39 is 11.7 Å². The van der Waals surface area contributed by atoms with Gasteiger partial charge in [0.15, 0.2) is 0 Å². The van der Waals surface area contributed by atoms with Gasteiger partial charge in [-0.2, -0.15) is 0 Å². The zero-order valence-corrected chi connectivity index (χ0v) is 15.3. The number of carbonyl (C=O) groups excluding carboxylic acids is 1. The Labute approximate surface area is 153 Å². The molecule has 4 nitrogen and oxygen atoms in total. The lowest BCUT2D eigenvalue weighted by molar-refractivity contribution is 0.0765. The molecule has 0 radical (unpaired) electrons. The molecule has 0 aliphatic carbocycles. The maximum Gasteiger partial charge on any atom is 0.412 e. The number of benzene rings is 2. The number of nitrogens with one attached hydrogen (secondary N) is 1. The molecule has 0 saturated carbocycles. The first kappa shape index (κ1) is 19.3. The van der Waals surface area contributed by atoms with Gasteiger partial charge in [-0.05, 0) is 48.2 Å². The summed E-state index contributed by atoms with van der Waals surface area (Å²) in [5.41, 5.74) is 0.303. The number of ether oxygens (including phenoxy) is 1. The van der Waals surface area contributed by atoms with Gasteiger partial charge in [-0.3, -0.25) is 0 Å². The maximum atomic E-state index is 11.7. The van der Waals surface area contributed by atoms with Crippen molar-refractivity contribution in [1.82, 2.24) is 5.32 Å². The minimum Gasteiger partial charge on any atom is -0.410 e. The average molecular weight is 362 g/mol. The zero-order valence-electron chi connectivity index (χ0n) is 14.6. The van der Waals surface area contributed by atoms with Gasteiger partial charge in [0.2, 0.25) is 0 Å². The minimum absolute atomic E-state index is 0.433. The van der Waals surface area contributed by atoms with Crippen LogP contribution in [0.3, 0.4) is 0 Å². The molecule has 0 aromatic heterocycles. The van der Waals surface area contributed by atoms with E-state index in [1.165, 1.54) is 0 Å². The number of carbonyl (C=O) groups is 1. The van der Waals surface area contributed by atoms with Gasteiger partial charge in [-0.25, -0.2) is 4.79 Å². The van der Waals surface area contributed by atoms with E-state index in [1.54, 1.807) is 36.4 Å². The van der Waals surface area contributed by atoms with Crippen LogP contribution < -0.4 is 10.1 Å². The minimum atomic E-state index is -1.15. The standard InChI is InChI=1S/C20H24ClNO3/c1-3-5-13-22-19(23)25-18-11-9-15(10-12-18)20(24,4-2)16-7-6-8-17(21)14-16/h6-12,14,24H,3-5,13H2,1-2H3,(H,22,23). The van der Waals surface area contributed by atoms with E-state index in [1.807, 2.05) is 19.1 Å². The van der Waals surface area contributed by atoms with Gasteiger partial charge < -0.3 is 15.2 Å². The van der Waals surface area contributed by atoms with Crippen LogP contribution in [0.15, 0.2) is 48.5 Å². The van der Waals surface area contributed by atoms with Crippen LogP contribution in [0.5, 0.6) is 5.75 Å². The van der Waals surface area contributed by atoms with Gasteiger partial charge in [0.25, 0.3) is 0 Å². The molecule has 134 valence electrons. The smallest absolute Gasteiger partial charge is 0.410 e. The molecule has 25 heavy (non-hydrogen) atoms. The van der Waals surface area contributed by atoms with Crippen LogP contribution in [0, 0.1) is 0 Å². The maximum absolute atomic E-state index is 11.7. The van der Waals surface area contributed by atoms with E-state index in [0.717, 1.165) is 24.0 Å². The van der Waals surface area contributed by atoms with Crippen LogP contribution in [0.25, 0.3) is 0 Å². The highest BCUT2D eigenvalue weighted by atomic mass is 35.5. The van der Waals surface area contributed by atoms with Crippen molar-refractivity contribution in [3.05, 3.63) is 64.7 Å². The van der Waals surface area contributed by atoms with Crippen LogP contribution in [0.4, 0.5) is 4.79 Å². The third-order valence-corrected chi connectivity index (χ3v) is 4.39. The Balaban J connectivity index is 2.13. The van der Waals surface area contributed by atoms with Gasteiger partial charge in [-0.15, -0.1) is 0 Å². The SMILES string of the molecule is CCCCNC(=O)Oc1ccc(C(O)(CC)c2cccc(Cl)c2)cc1. The Kier molecular flexibility index (Phi) is 6.85. The molecule has 0 saturated heterocycles. The van der Waals surface area contributed by atoms with Gasteiger partial charge in [0.1, 0.15) is 11.4 Å².